The van der Waals surface area contributed by atoms with Gasteiger partial charge in [0, 0.05) is 43.3 Å². The smallest absolute Gasteiger partial charge is 0.239 e. The van der Waals surface area contributed by atoms with Crippen molar-refractivity contribution in [2.45, 2.75) is 31.8 Å². The Hall–Kier alpha value is -1.17. The minimum atomic E-state index is -0.262. The van der Waals surface area contributed by atoms with Gasteiger partial charge in [-0.1, -0.05) is 24.1 Å². The van der Waals surface area contributed by atoms with Crippen LogP contribution in [0.25, 0.3) is 0 Å². The number of hydrogen-bond donors (Lipinski definition) is 1. The molecular weight excluding hydrogens is 317 g/mol. The second-order valence-corrected chi connectivity index (χ2v) is 6.71. The van der Waals surface area contributed by atoms with Crippen LogP contribution in [0.15, 0.2) is 18.2 Å². The Balaban J connectivity index is 1.53. The molecule has 2 heterocycles. The average molecular weight is 340 g/mol. The molecular formula is C17H23ClFN3O. The van der Waals surface area contributed by atoms with Crippen molar-refractivity contribution >= 4 is 17.5 Å². The maximum Gasteiger partial charge on any atom is 0.239 e. The number of piperazine rings is 1. The zero-order valence-electron chi connectivity index (χ0n) is 13.2. The third kappa shape index (κ3) is 4.03. The van der Waals surface area contributed by atoms with Gasteiger partial charge in [-0.25, -0.2) is 4.39 Å². The van der Waals surface area contributed by atoms with Crippen molar-refractivity contribution in [1.29, 1.82) is 0 Å². The van der Waals surface area contributed by atoms with Crippen molar-refractivity contribution in [2.75, 3.05) is 32.7 Å². The van der Waals surface area contributed by atoms with E-state index in [4.69, 9.17) is 11.6 Å². The zero-order valence-corrected chi connectivity index (χ0v) is 14.0. The van der Waals surface area contributed by atoms with Crippen LogP contribution in [-0.2, 0) is 11.3 Å². The van der Waals surface area contributed by atoms with Crippen molar-refractivity contribution in [2.24, 2.45) is 0 Å². The fourth-order valence-corrected chi connectivity index (χ4v) is 3.54. The molecule has 1 aromatic rings. The summed E-state index contributed by atoms with van der Waals surface area (Å²) in [5.41, 5.74) is 0.544. The van der Waals surface area contributed by atoms with Gasteiger partial charge in [0.2, 0.25) is 5.91 Å². The first-order valence-electron chi connectivity index (χ1n) is 8.32. The van der Waals surface area contributed by atoms with Crippen molar-refractivity contribution in [3.63, 3.8) is 0 Å². The highest BCUT2D eigenvalue weighted by Gasteiger charge is 2.28. The number of nitrogens with zero attached hydrogens (tertiary/aromatic N) is 2. The Kier molecular flexibility index (Phi) is 5.51. The molecule has 4 nitrogen and oxygen atoms in total. The van der Waals surface area contributed by atoms with Gasteiger partial charge in [0.1, 0.15) is 5.82 Å². The molecule has 1 aromatic carbocycles. The van der Waals surface area contributed by atoms with Crippen LogP contribution in [0.5, 0.6) is 0 Å². The number of rotatable bonds is 3. The monoisotopic (exact) mass is 339 g/mol. The molecule has 0 saturated carbocycles. The Morgan fingerprint density at radius 2 is 2.04 bits per heavy atom. The lowest BCUT2D eigenvalue weighted by Gasteiger charge is -2.37. The van der Waals surface area contributed by atoms with E-state index in [1.165, 1.54) is 6.07 Å². The van der Waals surface area contributed by atoms with Gasteiger partial charge in [0.15, 0.2) is 0 Å². The van der Waals surface area contributed by atoms with Gasteiger partial charge in [-0.15, -0.1) is 0 Å². The third-order valence-electron chi connectivity index (χ3n) is 4.74. The summed E-state index contributed by atoms with van der Waals surface area (Å²) in [5, 5.41) is 3.78. The third-order valence-corrected chi connectivity index (χ3v) is 5.09. The molecule has 1 amide bonds. The summed E-state index contributed by atoms with van der Waals surface area (Å²) in [6.07, 6.45) is 3.21. The predicted octanol–water partition coefficient (Wildman–Crippen LogP) is 2.27. The molecule has 6 heteroatoms. The number of carbonyl (C=O) groups is 1. The fraction of sp³-hybridized carbons (Fsp3) is 0.588. The van der Waals surface area contributed by atoms with Crippen molar-refractivity contribution in [3.05, 3.63) is 34.6 Å². The Morgan fingerprint density at radius 3 is 2.70 bits per heavy atom. The summed E-state index contributed by atoms with van der Waals surface area (Å²) in [4.78, 5) is 16.6. The molecule has 0 radical (unpaired) electrons. The van der Waals surface area contributed by atoms with E-state index in [0.29, 0.717) is 30.2 Å². The molecule has 1 N–H and O–H groups in total. The molecule has 3 rings (SSSR count). The van der Waals surface area contributed by atoms with E-state index in [1.54, 1.807) is 12.1 Å². The number of piperidine rings is 1. The first-order valence-corrected chi connectivity index (χ1v) is 8.70. The predicted molar refractivity (Wildman–Crippen MR) is 88.9 cm³/mol. The van der Waals surface area contributed by atoms with Crippen LogP contribution in [-0.4, -0.2) is 54.5 Å². The highest BCUT2D eigenvalue weighted by Crippen LogP contribution is 2.21. The summed E-state index contributed by atoms with van der Waals surface area (Å²) in [7, 11) is 0. The van der Waals surface area contributed by atoms with E-state index >= 15 is 0 Å². The molecule has 0 aliphatic carbocycles. The number of benzene rings is 1. The normalized spacial score (nSPS) is 23.0. The van der Waals surface area contributed by atoms with Gasteiger partial charge < -0.3 is 10.2 Å². The van der Waals surface area contributed by atoms with Crippen molar-refractivity contribution in [3.8, 4) is 0 Å². The lowest BCUT2D eigenvalue weighted by molar-refractivity contribution is -0.135. The molecule has 0 spiro atoms. The quantitative estimate of drug-likeness (QED) is 0.917. The fourth-order valence-electron chi connectivity index (χ4n) is 3.32. The van der Waals surface area contributed by atoms with E-state index in [1.807, 2.05) is 4.90 Å². The molecule has 2 fully saturated rings. The molecule has 2 saturated heterocycles. The maximum atomic E-state index is 13.9. The lowest BCUT2D eigenvalue weighted by atomic mass is 10.0. The van der Waals surface area contributed by atoms with Gasteiger partial charge >= 0.3 is 0 Å². The van der Waals surface area contributed by atoms with Crippen LogP contribution in [0.4, 0.5) is 4.39 Å². The molecule has 23 heavy (non-hydrogen) atoms. The maximum absolute atomic E-state index is 13.9. The van der Waals surface area contributed by atoms with E-state index < -0.39 is 0 Å². The summed E-state index contributed by atoms with van der Waals surface area (Å²) in [6.45, 7) is 4.33. The number of nitrogens with one attached hydrogen (secondary N) is 1. The van der Waals surface area contributed by atoms with Gasteiger partial charge in [0.05, 0.1) is 6.04 Å². The first-order chi connectivity index (χ1) is 11.1. The zero-order chi connectivity index (χ0) is 16.2. The lowest BCUT2D eigenvalue weighted by Crippen LogP contribution is -2.54. The minimum absolute atomic E-state index is 0.0173. The summed E-state index contributed by atoms with van der Waals surface area (Å²) in [5.74, 6) is -0.0457. The first kappa shape index (κ1) is 16.7. The van der Waals surface area contributed by atoms with E-state index in [0.717, 1.165) is 38.9 Å². The van der Waals surface area contributed by atoms with Gasteiger partial charge in [0.25, 0.3) is 0 Å². The summed E-state index contributed by atoms with van der Waals surface area (Å²) in [6, 6.07) is 4.76. The van der Waals surface area contributed by atoms with Gasteiger partial charge in [-0.2, -0.15) is 0 Å². The molecule has 0 aromatic heterocycles. The van der Waals surface area contributed by atoms with Crippen LogP contribution in [0, 0.1) is 5.82 Å². The average Bonchev–Trinajstić information content (AvgIpc) is 2.59. The molecule has 126 valence electrons. The van der Waals surface area contributed by atoms with E-state index in [2.05, 4.69) is 10.2 Å². The molecule has 1 unspecified atom stereocenters. The Morgan fingerprint density at radius 1 is 1.26 bits per heavy atom. The highest BCUT2D eigenvalue weighted by molar-refractivity contribution is 6.31. The van der Waals surface area contributed by atoms with Crippen LogP contribution < -0.4 is 5.32 Å². The van der Waals surface area contributed by atoms with Crippen molar-refractivity contribution in [1.82, 2.24) is 15.1 Å². The second kappa shape index (κ2) is 7.60. The summed E-state index contributed by atoms with van der Waals surface area (Å²) < 4.78 is 13.9. The van der Waals surface area contributed by atoms with E-state index in [9.17, 15) is 9.18 Å². The standard InChI is InChI=1S/C17H23ClFN3O/c18-14-4-3-5-15(19)13(14)12-21-8-10-22(11-9-21)17(23)16-6-1-2-7-20-16/h3-5,16,20H,1-2,6-12H2. The van der Waals surface area contributed by atoms with Crippen LogP contribution >= 0.6 is 11.6 Å². The van der Waals surface area contributed by atoms with Crippen LogP contribution in [0.3, 0.4) is 0 Å². The number of hydrogen-bond acceptors (Lipinski definition) is 3. The summed E-state index contributed by atoms with van der Waals surface area (Å²) >= 11 is 6.09. The Bertz CT molecular complexity index is 535. The Labute approximate surface area is 141 Å². The van der Waals surface area contributed by atoms with Crippen LogP contribution in [0.1, 0.15) is 24.8 Å². The number of halogens is 2. The van der Waals surface area contributed by atoms with Gasteiger partial charge in [-0.3, -0.25) is 9.69 Å². The molecule has 2 aliphatic heterocycles. The largest absolute Gasteiger partial charge is 0.339 e. The van der Waals surface area contributed by atoms with Crippen LogP contribution in [0.2, 0.25) is 5.02 Å². The SMILES string of the molecule is O=C(C1CCCCN1)N1CCN(Cc2c(F)cccc2Cl)CC1. The molecule has 1 atom stereocenters. The van der Waals surface area contributed by atoms with Crippen molar-refractivity contribution < 1.29 is 9.18 Å². The van der Waals surface area contributed by atoms with E-state index in [-0.39, 0.29) is 17.8 Å². The molecule has 0 bridgehead atoms. The number of amides is 1. The number of carbonyl (C=O) groups excluding carboxylic acids is 1. The molecule has 2 aliphatic rings. The highest BCUT2D eigenvalue weighted by atomic mass is 35.5. The van der Waals surface area contributed by atoms with Gasteiger partial charge in [-0.05, 0) is 31.5 Å². The second-order valence-electron chi connectivity index (χ2n) is 6.30. The topological polar surface area (TPSA) is 35.6 Å². The minimum Gasteiger partial charge on any atom is -0.339 e.